The molecule has 0 aliphatic rings. The second kappa shape index (κ2) is 7.98. The fourth-order valence-corrected chi connectivity index (χ4v) is 1.65. The third-order valence-corrected chi connectivity index (χ3v) is 2.73. The van der Waals surface area contributed by atoms with E-state index in [1.165, 1.54) is 0 Å². The van der Waals surface area contributed by atoms with Crippen LogP contribution in [-0.2, 0) is 12.8 Å². The smallest absolute Gasteiger partial charge is 0.119 e. The Bertz CT molecular complexity index is 518. The van der Waals surface area contributed by atoms with Gasteiger partial charge in [-0.1, -0.05) is 49.4 Å². The monoisotopic (exact) mass is 256 g/mol. The number of hydrogen-bond acceptors (Lipinski definition) is 2. The average Bonchev–Trinajstić information content (AvgIpc) is 2.43. The number of rotatable bonds is 3. The zero-order valence-corrected chi connectivity index (χ0v) is 11.2. The van der Waals surface area contributed by atoms with E-state index in [4.69, 9.17) is 5.11 Å². The molecule has 0 spiro atoms. The molecule has 0 bridgehead atoms. The topological polar surface area (TPSA) is 40.5 Å². The van der Waals surface area contributed by atoms with Crippen molar-refractivity contribution in [1.82, 2.24) is 0 Å². The fraction of sp³-hybridized carbons (Fsp3) is 0.176. The first-order chi connectivity index (χ1) is 9.19. The lowest BCUT2D eigenvalue weighted by Crippen LogP contribution is -1.79. The van der Waals surface area contributed by atoms with Crippen molar-refractivity contribution in [3.63, 3.8) is 0 Å². The molecule has 0 aromatic heterocycles. The standard InChI is InChI=1S/C9H10O.C8H10O/c1-2-5-8-6-3-4-7-9(8)10;1-2-7-5-3-4-6-8(7)9/h2-4,6-7,10H,1,5H2;3-6,9H,2H2,1H3. The summed E-state index contributed by atoms with van der Waals surface area (Å²) < 4.78 is 0. The molecule has 0 saturated heterocycles. The van der Waals surface area contributed by atoms with Crippen molar-refractivity contribution in [2.45, 2.75) is 19.8 Å². The SMILES string of the molecule is C=CCc1ccccc1O.CCc1ccccc1O. The van der Waals surface area contributed by atoms with Gasteiger partial charge >= 0.3 is 0 Å². The van der Waals surface area contributed by atoms with Crippen molar-refractivity contribution < 1.29 is 10.2 Å². The Balaban J connectivity index is 0.000000191. The Hall–Kier alpha value is -2.22. The minimum Gasteiger partial charge on any atom is -0.508 e. The van der Waals surface area contributed by atoms with Crippen LogP contribution < -0.4 is 0 Å². The number of phenolic OH excluding ortho intramolecular Hbond substituents is 2. The summed E-state index contributed by atoms with van der Waals surface area (Å²) >= 11 is 0. The quantitative estimate of drug-likeness (QED) is 0.812. The number of hydrogen-bond donors (Lipinski definition) is 2. The number of phenols is 2. The number of benzene rings is 2. The maximum Gasteiger partial charge on any atom is 0.119 e. The van der Waals surface area contributed by atoms with Crippen molar-refractivity contribution in [2.75, 3.05) is 0 Å². The van der Waals surface area contributed by atoms with E-state index in [1.807, 2.05) is 43.3 Å². The van der Waals surface area contributed by atoms with E-state index in [1.54, 1.807) is 18.2 Å². The summed E-state index contributed by atoms with van der Waals surface area (Å²) in [4.78, 5) is 0. The predicted molar refractivity (Wildman–Crippen MR) is 79.5 cm³/mol. The van der Waals surface area contributed by atoms with Gasteiger partial charge in [-0.15, -0.1) is 6.58 Å². The molecule has 2 rings (SSSR count). The summed E-state index contributed by atoms with van der Waals surface area (Å²) in [6.07, 6.45) is 3.40. The summed E-state index contributed by atoms with van der Waals surface area (Å²) in [6, 6.07) is 14.7. The summed E-state index contributed by atoms with van der Waals surface area (Å²) in [5.41, 5.74) is 1.94. The molecule has 0 aliphatic carbocycles. The molecule has 0 aliphatic heterocycles. The molecule has 0 heterocycles. The zero-order chi connectivity index (χ0) is 14.1. The van der Waals surface area contributed by atoms with Crippen molar-refractivity contribution in [1.29, 1.82) is 0 Å². The van der Waals surface area contributed by atoms with Gasteiger partial charge in [0, 0.05) is 0 Å². The first kappa shape index (κ1) is 14.8. The number of para-hydroxylation sites is 2. The zero-order valence-electron chi connectivity index (χ0n) is 11.2. The van der Waals surface area contributed by atoms with Crippen molar-refractivity contribution in [3.05, 3.63) is 72.3 Å². The van der Waals surface area contributed by atoms with Crippen LogP contribution in [0.5, 0.6) is 11.5 Å². The fourth-order valence-electron chi connectivity index (χ4n) is 1.65. The van der Waals surface area contributed by atoms with E-state index in [-0.39, 0.29) is 0 Å². The second-order valence-corrected chi connectivity index (χ2v) is 4.10. The molecule has 0 unspecified atom stereocenters. The van der Waals surface area contributed by atoms with E-state index < -0.39 is 0 Å². The summed E-state index contributed by atoms with van der Waals surface area (Å²) in [7, 11) is 0. The molecule has 2 aromatic carbocycles. The largest absolute Gasteiger partial charge is 0.508 e. The Morgan fingerprint density at radius 3 is 1.74 bits per heavy atom. The Kier molecular flexibility index (Phi) is 6.23. The van der Waals surface area contributed by atoms with E-state index in [0.717, 1.165) is 24.0 Å². The van der Waals surface area contributed by atoms with E-state index >= 15 is 0 Å². The minimum absolute atomic E-state index is 0.349. The summed E-state index contributed by atoms with van der Waals surface area (Å²) in [5, 5.41) is 18.3. The normalized spacial score (nSPS) is 9.32. The van der Waals surface area contributed by atoms with Gasteiger partial charge in [0.05, 0.1) is 0 Å². The van der Waals surface area contributed by atoms with Crippen LogP contribution in [0.1, 0.15) is 18.1 Å². The Morgan fingerprint density at radius 1 is 0.895 bits per heavy atom. The van der Waals surface area contributed by atoms with Gasteiger partial charge in [0.2, 0.25) is 0 Å². The average molecular weight is 256 g/mol. The van der Waals surface area contributed by atoms with Gasteiger partial charge in [0.1, 0.15) is 11.5 Å². The Labute approximate surface area is 114 Å². The third kappa shape index (κ3) is 4.88. The molecular weight excluding hydrogens is 236 g/mol. The van der Waals surface area contributed by atoms with Crippen LogP contribution in [0.25, 0.3) is 0 Å². The van der Waals surface area contributed by atoms with E-state index in [2.05, 4.69) is 6.58 Å². The predicted octanol–water partition coefficient (Wildman–Crippen LogP) is 4.08. The second-order valence-electron chi connectivity index (χ2n) is 4.10. The van der Waals surface area contributed by atoms with Gasteiger partial charge in [-0.05, 0) is 36.1 Å². The van der Waals surface area contributed by atoms with E-state index in [9.17, 15) is 5.11 Å². The first-order valence-electron chi connectivity index (χ1n) is 6.33. The maximum absolute atomic E-state index is 9.19. The highest BCUT2D eigenvalue weighted by Crippen LogP contribution is 2.16. The Morgan fingerprint density at radius 2 is 1.37 bits per heavy atom. The molecule has 2 nitrogen and oxygen atoms in total. The third-order valence-electron chi connectivity index (χ3n) is 2.73. The lowest BCUT2D eigenvalue weighted by Gasteiger charge is -1.97. The van der Waals surface area contributed by atoms with Crippen LogP contribution in [0, 0.1) is 0 Å². The number of aromatic hydroxyl groups is 2. The minimum atomic E-state index is 0.349. The molecule has 2 N–H and O–H groups in total. The van der Waals surface area contributed by atoms with Crippen molar-refractivity contribution in [3.8, 4) is 11.5 Å². The van der Waals surface area contributed by atoms with Crippen LogP contribution in [0.4, 0.5) is 0 Å². The van der Waals surface area contributed by atoms with Crippen molar-refractivity contribution in [2.24, 2.45) is 0 Å². The highest BCUT2D eigenvalue weighted by molar-refractivity contribution is 5.33. The van der Waals surface area contributed by atoms with Gasteiger partial charge in [0.25, 0.3) is 0 Å². The molecule has 2 heteroatoms. The van der Waals surface area contributed by atoms with Gasteiger partial charge < -0.3 is 10.2 Å². The van der Waals surface area contributed by atoms with Crippen LogP contribution in [0.15, 0.2) is 61.2 Å². The lowest BCUT2D eigenvalue weighted by atomic mass is 10.1. The molecule has 19 heavy (non-hydrogen) atoms. The van der Waals surface area contributed by atoms with Crippen LogP contribution in [-0.4, -0.2) is 10.2 Å². The number of allylic oxidation sites excluding steroid dienone is 1. The maximum atomic E-state index is 9.19. The van der Waals surface area contributed by atoms with E-state index in [0.29, 0.717) is 11.5 Å². The highest BCUT2D eigenvalue weighted by Gasteiger charge is 1.94. The molecule has 0 fully saturated rings. The van der Waals surface area contributed by atoms with Gasteiger partial charge in [-0.25, -0.2) is 0 Å². The van der Waals surface area contributed by atoms with Gasteiger partial charge in [0.15, 0.2) is 0 Å². The molecule has 100 valence electrons. The summed E-state index contributed by atoms with van der Waals surface area (Å²) in [6.45, 7) is 5.61. The highest BCUT2D eigenvalue weighted by atomic mass is 16.3. The van der Waals surface area contributed by atoms with Crippen LogP contribution in [0.3, 0.4) is 0 Å². The number of aryl methyl sites for hydroxylation is 1. The van der Waals surface area contributed by atoms with Crippen LogP contribution >= 0.6 is 0 Å². The molecule has 0 amide bonds. The van der Waals surface area contributed by atoms with Crippen LogP contribution in [0.2, 0.25) is 0 Å². The first-order valence-corrected chi connectivity index (χ1v) is 6.33. The van der Waals surface area contributed by atoms with Gasteiger partial charge in [-0.3, -0.25) is 0 Å². The molecule has 0 atom stereocenters. The van der Waals surface area contributed by atoms with Gasteiger partial charge in [-0.2, -0.15) is 0 Å². The lowest BCUT2D eigenvalue weighted by molar-refractivity contribution is 0.468. The molecular formula is C17H20O2. The molecule has 0 saturated carbocycles. The molecule has 0 radical (unpaired) electrons. The molecule has 2 aromatic rings. The summed E-state index contributed by atoms with van der Waals surface area (Å²) in [5.74, 6) is 0.752. The van der Waals surface area contributed by atoms with Crippen molar-refractivity contribution >= 4 is 0 Å².